The fraction of sp³-hybridized carbons (Fsp3) is 0.125. The molecule has 2 aromatic rings. The maximum absolute atomic E-state index is 11.9. The average Bonchev–Trinajstić information content (AvgIpc) is 2.41. The van der Waals surface area contributed by atoms with Crippen molar-refractivity contribution >= 4 is 22.8 Å². The highest BCUT2D eigenvalue weighted by Gasteiger charge is 2.16. The molecule has 4 heteroatoms. The van der Waals surface area contributed by atoms with Crippen LogP contribution < -0.4 is 5.43 Å². The summed E-state index contributed by atoms with van der Waals surface area (Å²) in [5.74, 6) is -0.492. The number of fused-ring (bicyclic) bond motifs is 1. The van der Waals surface area contributed by atoms with E-state index in [0.717, 1.165) is 0 Å². The minimum Gasteiger partial charge on any atom is -0.506 e. The molecule has 0 saturated heterocycles. The Morgan fingerprint density at radius 3 is 2.75 bits per heavy atom. The Kier molecular flexibility index (Phi) is 3.84. The maximum Gasteiger partial charge on any atom is 0.192 e. The van der Waals surface area contributed by atoms with E-state index in [0.29, 0.717) is 5.56 Å². The number of phenols is 1. The highest BCUT2D eigenvalue weighted by molar-refractivity contribution is 6.03. The Morgan fingerprint density at radius 1 is 1.35 bits per heavy atom. The van der Waals surface area contributed by atoms with Gasteiger partial charge in [-0.15, -0.1) is 0 Å². The number of hydrogen-bond acceptors (Lipinski definition) is 4. The molecule has 102 valence electrons. The molecular weight excluding hydrogens is 256 g/mol. The second-order valence-electron chi connectivity index (χ2n) is 4.29. The van der Waals surface area contributed by atoms with Gasteiger partial charge < -0.3 is 9.52 Å². The van der Waals surface area contributed by atoms with Crippen molar-refractivity contribution in [3.8, 4) is 5.75 Å². The summed E-state index contributed by atoms with van der Waals surface area (Å²) in [6.45, 7) is 3.19. The van der Waals surface area contributed by atoms with Crippen molar-refractivity contribution in [1.29, 1.82) is 0 Å². The van der Waals surface area contributed by atoms with Crippen LogP contribution in [0, 0.1) is 0 Å². The summed E-state index contributed by atoms with van der Waals surface area (Å²) in [7, 11) is 0. The largest absolute Gasteiger partial charge is 0.506 e. The molecule has 20 heavy (non-hydrogen) atoms. The zero-order valence-corrected chi connectivity index (χ0v) is 11.2. The van der Waals surface area contributed by atoms with Gasteiger partial charge >= 0.3 is 0 Å². The van der Waals surface area contributed by atoms with E-state index < -0.39 is 0 Å². The first-order valence-electron chi connectivity index (χ1n) is 6.14. The summed E-state index contributed by atoms with van der Waals surface area (Å²) >= 11 is 0. The Bertz CT molecular complexity index is 779. The summed E-state index contributed by atoms with van der Waals surface area (Å²) in [6, 6.07) is 2.65. The van der Waals surface area contributed by atoms with Crippen LogP contribution in [0.4, 0.5) is 0 Å². The predicted molar refractivity (Wildman–Crippen MR) is 78.0 cm³/mol. The molecule has 4 nitrogen and oxygen atoms in total. The van der Waals surface area contributed by atoms with Gasteiger partial charge in [0.25, 0.3) is 0 Å². The molecule has 2 rings (SSSR count). The van der Waals surface area contributed by atoms with Crippen LogP contribution in [0.25, 0.3) is 17.0 Å². The molecule has 1 heterocycles. The number of carbonyl (C=O) groups is 1. The summed E-state index contributed by atoms with van der Waals surface area (Å²) in [4.78, 5) is 23.4. The van der Waals surface area contributed by atoms with Gasteiger partial charge in [-0.3, -0.25) is 9.59 Å². The molecule has 1 aromatic heterocycles. The third-order valence-corrected chi connectivity index (χ3v) is 2.90. The molecule has 0 radical (unpaired) electrons. The Morgan fingerprint density at radius 2 is 2.10 bits per heavy atom. The highest BCUT2D eigenvalue weighted by Crippen LogP contribution is 2.31. The van der Waals surface area contributed by atoms with E-state index in [-0.39, 0.29) is 33.5 Å². The molecule has 0 bridgehead atoms. The van der Waals surface area contributed by atoms with Gasteiger partial charge in [-0.05, 0) is 26.0 Å². The third-order valence-electron chi connectivity index (χ3n) is 2.90. The van der Waals surface area contributed by atoms with E-state index in [2.05, 4.69) is 0 Å². The van der Waals surface area contributed by atoms with Gasteiger partial charge in [0.05, 0.1) is 22.8 Å². The number of phenolic OH excluding ortho intramolecular Hbond substituents is 1. The molecule has 0 spiro atoms. The van der Waals surface area contributed by atoms with Crippen LogP contribution in [0.3, 0.4) is 0 Å². The molecule has 0 unspecified atom stereocenters. The van der Waals surface area contributed by atoms with Gasteiger partial charge in [0, 0.05) is 6.07 Å². The van der Waals surface area contributed by atoms with Crippen LogP contribution in [-0.4, -0.2) is 10.9 Å². The fourth-order valence-electron chi connectivity index (χ4n) is 1.93. The normalized spacial score (nSPS) is 11.7. The second kappa shape index (κ2) is 5.57. The number of hydrogen-bond donors (Lipinski definition) is 1. The van der Waals surface area contributed by atoms with Crippen molar-refractivity contribution in [2.24, 2.45) is 0 Å². The van der Waals surface area contributed by atoms with E-state index in [1.165, 1.54) is 25.3 Å². The van der Waals surface area contributed by atoms with Crippen molar-refractivity contribution in [1.82, 2.24) is 0 Å². The zero-order chi connectivity index (χ0) is 14.7. The number of aromatic hydroxyl groups is 1. The summed E-state index contributed by atoms with van der Waals surface area (Å²) in [6.07, 6.45) is 8.16. The van der Waals surface area contributed by atoms with Gasteiger partial charge in [0.2, 0.25) is 0 Å². The number of Topliss-reactive ketones (excluding diaryl/α,β-unsaturated/α-hetero) is 1. The van der Waals surface area contributed by atoms with Gasteiger partial charge in [-0.2, -0.15) is 0 Å². The first-order chi connectivity index (χ1) is 9.56. The minimum absolute atomic E-state index is 0.108. The zero-order valence-electron chi connectivity index (χ0n) is 11.2. The third kappa shape index (κ3) is 2.40. The Hall–Kier alpha value is -2.62. The molecule has 0 aliphatic carbocycles. The van der Waals surface area contributed by atoms with Crippen LogP contribution in [0.2, 0.25) is 0 Å². The number of ketones is 1. The quantitative estimate of drug-likeness (QED) is 0.686. The van der Waals surface area contributed by atoms with E-state index in [4.69, 9.17) is 4.42 Å². The Balaban J connectivity index is 2.88. The van der Waals surface area contributed by atoms with E-state index >= 15 is 0 Å². The molecule has 1 N–H and O–H groups in total. The molecule has 0 aliphatic rings. The lowest BCUT2D eigenvalue weighted by atomic mass is 10.0. The number of carbonyl (C=O) groups excluding carboxylic acids is 1. The van der Waals surface area contributed by atoms with E-state index in [9.17, 15) is 14.7 Å². The van der Waals surface area contributed by atoms with Gasteiger partial charge in [-0.25, -0.2) is 0 Å². The fourth-order valence-corrected chi connectivity index (χ4v) is 1.93. The maximum atomic E-state index is 11.9. The summed E-state index contributed by atoms with van der Waals surface area (Å²) in [5, 5.41) is 10.5. The second-order valence-corrected chi connectivity index (χ2v) is 4.29. The molecule has 0 aliphatic heterocycles. The molecular formula is C16H14O4. The van der Waals surface area contributed by atoms with Gasteiger partial charge in [-0.1, -0.05) is 18.2 Å². The number of benzene rings is 1. The van der Waals surface area contributed by atoms with Crippen molar-refractivity contribution in [3.05, 3.63) is 58.0 Å². The first kappa shape index (κ1) is 13.8. The number of rotatable bonds is 3. The van der Waals surface area contributed by atoms with Gasteiger partial charge in [0.1, 0.15) is 11.3 Å². The van der Waals surface area contributed by atoms with Crippen LogP contribution >= 0.6 is 0 Å². The smallest absolute Gasteiger partial charge is 0.192 e. The lowest BCUT2D eigenvalue weighted by Crippen LogP contribution is -2.03. The summed E-state index contributed by atoms with van der Waals surface area (Å²) in [5.41, 5.74) is 0.440. The van der Waals surface area contributed by atoms with Crippen LogP contribution in [-0.2, 0) is 0 Å². The SMILES string of the molecule is C/C=C/C=C/c1c(O)c(C(C)=O)cc2c(=O)ccoc12. The van der Waals surface area contributed by atoms with Crippen molar-refractivity contribution < 1.29 is 14.3 Å². The van der Waals surface area contributed by atoms with Gasteiger partial charge in [0.15, 0.2) is 11.2 Å². The van der Waals surface area contributed by atoms with Crippen LogP contribution in [0.5, 0.6) is 5.75 Å². The van der Waals surface area contributed by atoms with Crippen molar-refractivity contribution in [2.75, 3.05) is 0 Å². The summed E-state index contributed by atoms with van der Waals surface area (Å²) < 4.78 is 5.32. The first-order valence-corrected chi connectivity index (χ1v) is 6.14. The molecule has 0 atom stereocenters. The van der Waals surface area contributed by atoms with Crippen LogP contribution in [0.1, 0.15) is 29.8 Å². The molecule has 1 aromatic carbocycles. The number of allylic oxidation sites excluding steroid dienone is 3. The Labute approximate surface area is 115 Å². The lowest BCUT2D eigenvalue weighted by molar-refractivity contribution is 0.101. The van der Waals surface area contributed by atoms with E-state index in [1.807, 2.05) is 13.0 Å². The monoisotopic (exact) mass is 270 g/mol. The predicted octanol–water partition coefficient (Wildman–Crippen LogP) is 3.29. The van der Waals surface area contributed by atoms with Crippen molar-refractivity contribution in [3.63, 3.8) is 0 Å². The average molecular weight is 270 g/mol. The molecule has 0 amide bonds. The minimum atomic E-state index is -0.312. The van der Waals surface area contributed by atoms with E-state index in [1.54, 1.807) is 18.2 Å². The highest BCUT2D eigenvalue weighted by atomic mass is 16.3. The molecule has 0 saturated carbocycles. The van der Waals surface area contributed by atoms with Crippen molar-refractivity contribution in [2.45, 2.75) is 13.8 Å². The van der Waals surface area contributed by atoms with Crippen LogP contribution in [0.15, 0.2) is 45.8 Å². The lowest BCUT2D eigenvalue weighted by Gasteiger charge is -2.07. The topological polar surface area (TPSA) is 67.5 Å². The standard InChI is InChI=1S/C16H14O4/c1-3-4-5-6-11-15(19)12(10(2)17)9-13-14(18)7-8-20-16(11)13/h3-9,19H,1-2H3/b4-3+,6-5+. The molecule has 0 fully saturated rings.